The summed E-state index contributed by atoms with van der Waals surface area (Å²) in [4.78, 5) is 34.5. The number of anilines is 1. The van der Waals surface area contributed by atoms with Crippen molar-refractivity contribution >= 4 is 45.8 Å². The number of carboxylic acids is 1. The van der Waals surface area contributed by atoms with Crippen LogP contribution in [-0.4, -0.2) is 51.3 Å². The Morgan fingerprint density at radius 3 is 3.00 bits per heavy atom. The number of nitrogens with two attached hydrogens (primary N) is 1. The van der Waals surface area contributed by atoms with Crippen LogP contribution in [0.4, 0.5) is 5.13 Å². The summed E-state index contributed by atoms with van der Waals surface area (Å²) in [6.45, 7) is 0.685. The van der Waals surface area contributed by atoms with Crippen LogP contribution in [0.15, 0.2) is 21.8 Å². The number of aromatic nitrogens is 1. The molecule has 9 nitrogen and oxygen atoms in total. The van der Waals surface area contributed by atoms with Gasteiger partial charge in [-0.3, -0.25) is 9.69 Å². The second kappa shape index (κ2) is 8.50. The second-order valence-electron chi connectivity index (χ2n) is 5.93. The van der Waals surface area contributed by atoms with Crippen molar-refractivity contribution in [3.63, 3.8) is 0 Å². The Kier molecular flexibility index (Phi) is 6.49. The van der Waals surface area contributed by atoms with Crippen LogP contribution < -0.4 is 40.4 Å². The Morgan fingerprint density at radius 2 is 2.37 bits per heavy atom. The zero-order valence-electron chi connectivity index (χ0n) is 14.5. The van der Waals surface area contributed by atoms with E-state index in [4.69, 9.17) is 15.3 Å². The van der Waals surface area contributed by atoms with Crippen molar-refractivity contribution < 1.29 is 53.8 Å². The number of oxime groups is 1. The fourth-order valence-corrected chi connectivity index (χ4v) is 4.98. The number of carbonyl (C=O) groups excluding carboxylic acids is 2. The summed E-state index contributed by atoms with van der Waals surface area (Å²) in [6, 6.07) is 0. The summed E-state index contributed by atoms with van der Waals surface area (Å²) in [6.07, 6.45) is 1.36. The van der Waals surface area contributed by atoms with Crippen LogP contribution in [0.2, 0.25) is 0 Å². The molecule has 138 valence electrons. The third kappa shape index (κ3) is 3.89. The first kappa shape index (κ1) is 20.6. The molecular formula is C15H15N4NaO5S2. The maximum Gasteiger partial charge on any atom is 1.00 e. The fourth-order valence-electron chi connectivity index (χ4n) is 3.12. The van der Waals surface area contributed by atoms with E-state index in [0.29, 0.717) is 28.8 Å². The standard InChI is InChI=1S/C15H16N4O5S2.Na/c16-15-17-7(5-26-15)4-24-18-10-12(20)19-11(14(21)22)8(6-25-13(10)19)9-2-1-3-23-9;/h5,9,13H,1-4,6H2,(H2,16,17)(H,21,22);/q;+1/p-1/b18-10+;. The van der Waals surface area contributed by atoms with Gasteiger partial charge in [-0.1, -0.05) is 5.16 Å². The van der Waals surface area contributed by atoms with Crippen molar-refractivity contribution in [2.45, 2.75) is 30.9 Å². The number of fused-ring (bicyclic) bond motifs is 1. The zero-order chi connectivity index (χ0) is 18.3. The number of hydrogen-bond donors (Lipinski definition) is 1. The van der Waals surface area contributed by atoms with Crippen molar-refractivity contribution in [1.82, 2.24) is 9.88 Å². The summed E-state index contributed by atoms with van der Waals surface area (Å²) < 4.78 is 5.59. The maximum absolute atomic E-state index is 12.4. The van der Waals surface area contributed by atoms with Crippen molar-refractivity contribution in [3.05, 3.63) is 22.3 Å². The number of aliphatic carboxylic acids is 1. The molecule has 1 aromatic rings. The predicted octanol–water partition coefficient (Wildman–Crippen LogP) is -3.30. The van der Waals surface area contributed by atoms with E-state index in [1.807, 2.05) is 0 Å². The smallest absolute Gasteiger partial charge is 0.543 e. The fraction of sp³-hybridized carbons (Fsp3) is 0.467. The van der Waals surface area contributed by atoms with Gasteiger partial charge in [-0.25, -0.2) is 4.98 Å². The number of carbonyl (C=O) groups is 2. The van der Waals surface area contributed by atoms with E-state index in [0.717, 1.165) is 12.8 Å². The van der Waals surface area contributed by atoms with Crippen LogP contribution in [0.1, 0.15) is 18.5 Å². The third-order valence-electron chi connectivity index (χ3n) is 4.30. The number of nitrogen functional groups attached to an aromatic ring is 1. The van der Waals surface area contributed by atoms with Crippen LogP contribution in [0, 0.1) is 0 Å². The van der Waals surface area contributed by atoms with Gasteiger partial charge in [-0.05, 0) is 18.4 Å². The topological polar surface area (TPSA) is 130 Å². The number of hydrogen-bond acceptors (Lipinski definition) is 10. The van der Waals surface area contributed by atoms with Gasteiger partial charge >= 0.3 is 29.6 Å². The van der Waals surface area contributed by atoms with Crippen LogP contribution >= 0.6 is 23.1 Å². The van der Waals surface area contributed by atoms with Gasteiger partial charge in [-0.15, -0.1) is 23.1 Å². The van der Waals surface area contributed by atoms with Gasteiger partial charge in [-0.2, -0.15) is 0 Å². The number of β-lactam (4-membered cyclic amide) rings is 1. The molecule has 27 heavy (non-hydrogen) atoms. The molecule has 0 bridgehead atoms. The van der Waals surface area contributed by atoms with Crippen molar-refractivity contribution in [3.8, 4) is 0 Å². The maximum atomic E-state index is 12.4. The van der Waals surface area contributed by atoms with Crippen LogP contribution in [0.25, 0.3) is 0 Å². The number of nitrogens with zero attached hydrogens (tertiary/aromatic N) is 3. The molecule has 3 aliphatic rings. The Hall–Kier alpha value is -1.11. The Bertz CT molecular complexity index is 821. The monoisotopic (exact) mass is 418 g/mol. The molecule has 4 rings (SSSR count). The van der Waals surface area contributed by atoms with Crippen molar-refractivity contribution in [1.29, 1.82) is 0 Å². The number of thiazole rings is 1. The Labute approximate surface area is 185 Å². The van der Waals surface area contributed by atoms with E-state index in [1.54, 1.807) is 5.38 Å². The first-order valence-electron chi connectivity index (χ1n) is 7.97. The molecule has 2 N–H and O–H groups in total. The summed E-state index contributed by atoms with van der Waals surface area (Å²) in [5.41, 5.74) is 6.86. The van der Waals surface area contributed by atoms with E-state index in [9.17, 15) is 14.7 Å². The summed E-state index contributed by atoms with van der Waals surface area (Å²) in [5.74, 6) is -1.41. The molecule has 1 aromatic heterocycles. The van der Waals surface area contributed by atoms with Gasteiger partial charge < -0.3 is 25.2 Å². The molecule has 0 spiro atoms. The quantitative estimate of drug-likeness (QED) is 0.299. The van der Waals surface area contributed by atoms with Crippen LogP contribution in [0.5, 0.6) is 0 Å². The van der Waals surface area contributed by atoms with Gasteiger partial charge in [0.15, 0.2) is 17.5 Å². The third-order valence-corrected chi connectivity index (χ3v) is 6.25. The minimum Gasteiger partial charge on any atom is -0.543 e. The number of ether oxygens (including phenoxy) is 1. The molecule has 0 saturated carbocycles. The molecule has 0 aliphatic carbocycles. The molecule has 1 amide bonds. The van der Waals surface area contributed by atoms with E-state index < -0.39 is 17.3 Å². The SMILES string of the molecule is Nc1nc(CO/N=C2\C(=O)N3C(C(=O)[O-])=C(C4CCCO4)CSC23)cs1.[Na+]. The van der Waals surface area contributed by atoms with Gasteiger partial charge in [0.25, 0.3) is 5.91 Å². The Morgan fingerprint density at radius 1 is 1.56 bits per heavy atom. The largest absolute Gasteiger partial charge is 1.00 e. The summed E-state index contributed by atoms with van der Waals surface area (Å²) >= 11 is 2.71. The minimum absolute atomic E-state index is 0. The van der Waals surface area contributed by atoms with Gasteiger partial charge in [0.2, 0.25) is 0 Å². The normalized spacial score (nSPS) is 25.9. The molecule has 12 heteroatoms. The molecule has 2 saturated heterocycles. The number of amides is 1. The summed E-state index contributed by atoms with van der Waals surface area (Å²) in [7, 11) is 0. The van der Waals surface area contributed by atoms with E-state index >= 15 is 0 Å². The summed E-state index contributed by atoms with van der Waals surface area (Å²) in [5, 5.41) is 17.2. The molecule has 0 aromatic carbocycles. The van der Waals surface area contributed by atoms with E-state index in [1.165, 1.54) is 28.0 Å². The van der Waals surface area contributed by atoms with Gasteiger partial charge in [0.1, 0.15) is 5.37 Å². The average molecular weight is 418 g/mol. The first-order valence-corrected chi connectivity index (χ1v) is 9.90. The molecule has 4 heterocycles. The average Bonchev–Trinajstić information content (AvgIpc) is 3.29. The zero-order valence-corrected chi connectivity index (χ0v) is 18.2. The second-order valence-corrected chi connectivity index (χ2v) is 7.89. The number of rotatable bonds is 5. The van der Waals surface area contributed by atoms with Crippen LogP contribution in [0.3, 0.4) is 0 Å². The van der Waals surface area contributed by atoms with Gasteiger partial charge in [0.05, 0.1) is 23.5 Å². The molecule has 2 atom stereocenters. The molecule has 0 radical (unpaired) electrons. The van der Waals surface area contributed by atoms with E-state index in [2.05, 4.69) is 10.1 Å². The molecule has 3 aliphatic heterocycles. The van der Waals surface area contributed by atoms with Crippen LogP contribution in [-0.2, 0) is 25.8 Å². The first-order chi connectivity index (χ1) is 12.6. The van der Waals surface area contributed by atoms with E-state index in [-0.39, 0.29) is 53.7 Å². The Balaban J connectivity index is 0.00000210. The minimum atomic E-state index is -1.37. The van der Waals surface area contributed by atoms with Crippen molar-refractivity contribution in [2.24, 2.45) is 5.16 Å². The molecular weight excluding hydrogens is 403 g/mol. The predicted molar refractivity (Wildman–Crippen MR) is 92.8 cm³/mol. The molecule has 2 fully saturated rings. The number of thioether (sulfide) groups is 1. The van der Waals surface area contributed by atoms with Crippen molar-refractivity contribution in [2.75, 3.05) is 18.1 Å². The molecule has 2 unspecified atom stereocenters. The van der Waals surface area contributed by atoms with Gasteiger partial charge in [0, 0.05) is 17.7 Å². The number of carboxylic acid groups (broad SMARTS) is 1.